The van der Waals surface area contributed by atoms with Crippen molar-refractivity contribution in [2.75, 3.05) is 0 Å². The van der Waals surface area contributed by atoms with Crippen molar-refractivity contribution in [3.63, 3.8) is 0 Å². The Balaban J connectivity index is 0.822. The van der Waals surface area contributed by atoms with Crippen molar-refractivity contribution in [2.24, 2.45) is 0 Å². The fourth-order valence-electron chi connectivity index (χ4n) is 8.65. The molecule has 0 saturated carbocycles. The normalized spacial score (nSPS) is 11.3. The van der Waals surface area contributed by atoms with Gasteiger partial charge >= 0.3 is 0 Å². The van der Waals surface area contributed by atoms with Crippen LogP contribution in [-0.4, -0.2) is 19.9 Å². The van der Waals surface area contributed by atoms with E-state index >= 15 is 0 Å². The minimum atomic E-state index is 0.590. The SMILES string of the molecule is c1ccc(-c2cc3nc(-c4ccc(-c5ccc(-c6ccc(-c7ccccn7)nc6-c6ccc(-c7ccc(-c8nc9ccccc9o8)cc7)cc6)cc5)cc4)oc3cc2-c2ccccc2)cc1. The van der Waals surface area contributed by atoms with Crippen molar-refractivity contribution in [1.29, 1.82) is 0 Å². The molecule has 0 aliphatic heterocycles. The van der Waals surface area contributed by atoms with Crippen LogP contribution in [0.5, 0.6) is 0 Å². The molecule has 0 saturated heterocycles. The van der Waals surface area contributed by atoms with Crippen molar-refractivity contribution in [3.05, 3.63) is 231 Å². The van der Waals surface area contributed by atoms with E-state index in [4.69, 9.17) is 18.8 Å². The van der Waals surface area contributed by atoms with Crippen LogP contribution in [0.4, 0.5) is 0 Å². The number of aromatic nitrogens is 4. The van der Waals surface area contributed by atoms with Gasteiger partial charge in [0.2, 0.25) is 11.8 Å². The number of benzene rings is 8. The van der Waals surface area contributed by atoms with Crippen molar-refractivity contribution >= 4 is 22.2 Å². The zero-order valence-corrected chi connectivity index (χ0v) is 35.5. The highest BCUT2D eigenvalue weighted by atomic mass is 16.4. The smallest absolute Gasteiger partial charge is 0.227 e. The number of hydrogen-bond donors (Lipinski definition) is 0. The van der Waals surface area contributed by atoms with Gasteiger partial charge in [0.05, 0.1) is 17.1 Å². The molecule has 0 amide bonds. The molecule has 6 heteroatoms. The first-order valence-corrected chi connectivity index (χ1v) is 21.9. The van der Waals surface area contributed by atoms with Gasteiger partial charge in [-0.25, -0.2) is 15.0 Å². The van der Waals surface area contributed by atoms with E-state index in [1.54, 1.807) is 6.20 Å². The third-order valence-electron chi connectivity index (χ3n) is 12.1. The Morgan fingerprint density at radius 1 is 0.273 bits per heavy atom. The molecule has 310 valence electrons. The monoisotopic (exact) mass is 846 g/mol. The van der Waals surface area contributed by atoms with E-state index in [1.165, 1.54) is 0 Å². The number of hydrogen-bond acceptors (Lipinski definition) is 6. The molecule has 6 nitrogen and oxygen atoms in total. The zero-order valence-electron chi connectivity index (χ0n) is 35.5. The summed E-state index contributed by atoms with van der Waals surface area (Å²) in [7, 11) is 0. The molecule has 0 N–H and O–H groups in total. The van der Waals surface area contributed by atoms with Crippen molar-refractivity contribution in [3.8, 4) is 101 Å². The molecular formula is C60H38N4O2. The Morgan fingerprint density at radius 3 is 1.32 bits per heavy atom. The van der Waals surface area contributed by atoms with E-state index in [1.807, 2.05) is 54.6 Å². The quantitative estimate of drug-likeness (QED) is 0.144. The lowest BCUT2D eigenvalue weighted by atomic mass is 9.94. The van der Waals surface area contributed by atoms with Gasteiger partial charge in [0.1, 0.15) is 11.0 Å². The molecule has 66 heavy (non-hydrogen) atoms. The highest BCUT2D eigenvalue weighted by Gasteiger charge is 2.17. The Labute approximate surface area is 381 Å². The van der Waals surface area contributed by atoms with Gasteiger partial charge < -0.3 is 8.83 Å². The van der Waals surface area contributed by atoms with Crippen molar-refractivity contribution < 1.29 is 8.83 Å². The molecule has 0 radical (unpaired) electrons. The van der Waals surface area contributed by atoms with Gasteiger partial charge in [0, 0.05) is 28.5 Å². The number of para-hydroxylation sites is 2. The molecule has 4 aromatic heterocycles. The van der Waals surface area contributed by atoms with E-state index in [9.17, 15) is 0 Å². The van der Waals surface area contributed by atoms with E-state index in [2.05, 4.69) is 180 Å². The molecule has 0 aliphatic rings. The second-order valence-electron chi connectivity index (χ2n) is 16.2. The van der Waals surface area contributed by atoms with Gasteiger partial charge in [-0.15, -0.1) is 0 Å². The minimum absolute atomic E-state index is 0.590. The summed E-state index contributed by atoms with van der Waals surface area (Å²) in [5.41, 5.74) is 19.6. The number of rotatable bonds is 9. The molecule has 0 unspecified atom stereocenters. The van der Waals surface area contributed by atoms with Gasteiger partial charge in [-0.3, -0.25) is 4.98 Å². The first-order chi connectivity index (χ1) is 32.7. The van der Waals surface area contributed by atoms with Crippen LogP contribution in [0.3, 0.4) is 0 Å². The fourth-order valence-corrected chi connectivity index (χ4v) is 8.65. The van der Waals surface area contributed by atoms with Gasteiger partial charge in [0.15, 0.2) is 11.2 Å². The fraction of sp³-hybridized carbons (Fsp3) is 0. The van der Waals surface area contributed by atoms with Crippen LogP contribution >= 0.6 is 0 Å². The first-order valence-electron chi connectivity index (χ1n) is 21.9. The summed E-state index contributed by atoms with van der Waals surface area (Å²) >= 11 is 0. The van der Waals surface area contributed by atoms with Gasteiger partial charge in [-0.1, -0.05) is 152 Å². The molecule has 0 atom stereocenters. The first kappa shape index (κ1) is 38.7. The summed E-state index contributed by atoms with van der Waals surface area (Å²) in [4.78, 5) is 19.5. The largest absolute Gasteiger partial charge is 0.436 e. The second-order valence-corrected chi connectivity index (χ2v) is 16.2. The summed E-state index contributed by atoms with van der Waals surface area (Å²) in [5.74, 6) is 1.20. The van der Waals surface area contributed by atoms with Crippen LogP contribution < -0.4 is 0 Å². The maximum absolute atomic E-state index is 6.43. The minimum Gasteiger partial charge on any atom is -0.436 e. The number of nitrogens with zero attached hydrogens (tertiary/aromatic N) is 4. The summed E-state index contributed by atoms with van der Waals surface area (Å²) < 4.78 is 12.4. The average molecular weight is 847 g/mol. The lowest BCUT2D eigenvalue weighted by Crippen LogP contribution is -1.94. The Hall–Kier alpha value is -9.00. The molecule has 0 aliphatic carbocycles. The molecule has 12 aromatic rings. The molecular weight excluding hydrogens is 809 g/mol. The molecule has 12 rings (SSSR count). The molecule has 4 heterocycles. The van der Waals surface area contributed by atoms with Gasteiger partial charge in [-0.2, -0.15) is 0 Å². The summed E-state index contributed by atoms with van der Waals surface area (Å²) in [5, 5.41) is 0. The number of fused-ring (bicyclic) bond motifs is 2. The van der Waals surface area contributed by atoms with Gasteiger partial charge in [0.25, 0.3) is 0 Å². The summed E-state index contributed by atoms with van der Waals surface area (Å²) in [6.07, 6.45) is 1.80. The molecule has 0 bridgehead atoms. The lowest BCUT2D eigenvalue weighted by Gasteiger charge is -2.13. The standard InChI is InChI=1S/C60H38N4O2/c1-3-11-43(12-4-1)50-37-55-57(38-51(50)44-13-5-2-6-14-44)66-60(64-55)48-32-24-41(25-33-48)39-18-26-45(27-19-39)49-34-35-53(52-15-9-10-36-61-52)62-58(49)46-28-20-40(21-29-46)42-22-30-47(31-23-42)59-63-54-16-7-8-17-56(54)65-59/h1-38H. The van der Waals surface area contributed by atoms with Crippen LogP contribution in [0, 0.1) is 0 Å². The topological polar surface area (TPSA) is 77.8 Å². The van der Waals surface area contributed by atoms with E-state index in [0.717, 1.165) is 112 Å². The highest BCUT2D eigenvalue weighted by molar-refractivity contribution is 5.94. The number of pyridine rings is 2. The predicted octanol–water partition coefficient (Wildman–Crippen LogP) is 15.8. The van der Waals surface area contributed by atoms with E-state index in [0.29, 0.717) is 11.8 Å². The Bertz CT molecular complexity index is 3530. The Morgan fingerprint density at radius 2 is 0.742 bits per heavy atom. The zero-order chi connectivity index (χ0) is 43.8. The molecule has 0 spiro atoms. The van der Waals surface area contributed by atoms with E-state index < -0.39 is 0 Å². The lowest BCUT2D eigenvalue weighted by molar-refractivity contribution is 0.619. The second kappa shape index (κ2) is 16.6. The van der Waals surface area contributed by atoms with E-state index in [-0.39, 0.29) is 0 Å². The molecule has 8 aromatic carbocycles. The summed E-state index contributed by atoms with van der Waals surface area (Å²) in [6.45, 7) is 0. The Kier molecular flexibility index (Phi) is 9.73. The van der Waals surface area contributed by atoms with Crippen LogP contribution in [0.2, 0.25) is 0 Å². The van der Waals surface area contributed by atoms with Crippen molar-refractivity contribution in [2.45, 2.75) is 0 Å². The predicted molar refractivity (Wildman–Crippen MR) is 266 cm³/mol. The maximum atomic E-state index is 6.43. The van der Waals surface area contributed by atoms with Crippen LogP contribution in [0.1, 0.15) is 0 Å². The average Bonchev–Trinajstić information content (AvgIpc) is 4.04. The maximum Gasteiger partial charge on any atom is 0.227 e. The van der Waals surface area contributed by atoms with Crippen LogP contribution in [0.15, 0.2) is 239 Å². The van der Waals surface area contributed by atoms with Crippen LogP contribution in [-0.2, 0) is 0 Å². The third-order valence-corrected chi connectivity index (χ3v) is 12.1. The third kappa shape index (κ3) is 7.42. The number of oxazole rings is 2. The van der Waals surface area contributed by atoms with Crippen LogP contribution in [0.25, 0.3) is 123 Å². The van der Waals surface area contributed by atoms with Gasteiger partial charge in [-0.05, 0) is 123 Å². The molecule has 0 fully saturated rings. The summed E-state index contributed by atoms with van der Waals surface area (Å²) in [6, 6.07) is 77.1. The van der Waals surface area contributed by atoms with Crippen molar-refractivity contribution in [1.82, 2.24) is 19.9 Å². The highest BCUT2D eigenvalue weighted by Crippen LogP contribution is 2.39.